The zero-order valence-corrected chi connectivity index (χ0v) is 11.9. The van der Waals surface area contributed by atoms with Gasteiger partial charge in [0.1, 0.15) is 5.75 Å². The molecule has 0 unspecified atom stereocenters. The van der Waals surface area contributed by atoms with E-state index in [1.807, 2.05) is 6.92 Å². The van der Waals surface area contributed by atoms with Crippen LogP contribution >= 0.6 is 0 Å². The molecular formula is C14H19NO5. The summed E-state index contributed by atoms with van der Waals surface area (Å²) in [4.78, 5) is 24.5. The monoisotopic (exact) mass is 281 g/mol. The third-order valence-corrected chi connectivity index (χ3v) is 2.31. The molecule has 0 aromatic heterocycles. The first kappa shape index (κ1) is 15.8. The highest BCUT2D eigenvalue weighted by molar-refractivity contribution is 6.09. The lowest BCUT2D eigenvalue weighted by Gasteiger charge is -2.19. The number of hydrogen-bond donors (Lipinski definition) is 0. The molecule has 0 aliphatic heterocycles. The lowest BCUT2D eigenvalue weighted by atomic mass is 10.3. The number of benzene rings is 1. The minimum absolute atomic E-state index is 0.172. The van der Waals surface area contributed by atoms with Gasteiger partial charge in [0.15, 0.2) is 0 Å². The summed E-state index contributed by atoms with van der Waals surface area (Å²) in [6.45, 7) is 6.09. The fourth-order valence-electron chi connectivity index (χ4n) is 1.52. The number of amides is 2. The van der Waals surface area contributed by atoms with Crippen LogP contribution in [0, 0.1) is 0 Å². The summed E-state index contributed by atoms with van der Waals surface area (Å²) in [6, 6.07) is 6.53. The fraction of sp³-hybridized carbons (Fsp3) is 0.429. The molecule has 0 bridgehead atoms. The molecule has 1 aromatic carbocycles. The van der Waals surface area contributed by atoms with Crippen molar-refractivity contribution in [2.45, 2.75) is 20.8 Å². The van der Waals surface area contributed by atoms with Crippen molar-refractivity contribution < 1.29 is 23.8 Å². The zero-order chi connectivity index (χ0) is 15.0. The van der Waals surface area contributed by atoms with Crippen molar-refractivity contribution >= 4 is 17.9 Å². The molecular weight excluding hydrogens is 262 g/mol. The molecule has 0 aliphatic rings. The number of ether oxygens (including phenoxy) is 3. The highest BCUT2D eigenvalue weighted by Crippen LogP contribution is 2.21. The average molecular weight is 281 g/mol. The first-order valence-corrected chi connectivity index (χ1v) is 6.50. The van der Waals surface area contributed by atoms with Crippen LogP contribution < -0.4 is 9.64 Å². The van der Waals surface area contributed by atoms with E-state index in [-0.39, 0.29) is 13.2 Å². The Balaban J connectivity index is 2.97. The Hall–Kier alpha value is -2.24. The van der Waals surface area contributed by atoms with Gasteiger partial charge in [-0.05, 0) is 45.0 Å². The van der Waals surface area contributed by atoms with E-state index in [9.17, 15) is 9.59 Å². The summed E-state index contributed by atoms with van der Waals surface area (Å²) in [5, 5.41) is 0. The van der Waals surface area contributed by atoms with Crippen LogP contribution in [-0.2, 0) is 9.47 Å². The maximum atomic E-state index is 11.8. The number of carbonyl (C=O) groups is 2. The Morgan fingerprint density at radius 2 is 1.40 bits per heavy atom. The molecule has 0 atom stereocenters. The van der Waals surface area contributed by atoms with Crippen molar-refractivity contribution in [3.05, 3.63) is 24.3 Å². The summed E-state index contributed by atoms with van der Waals surface area (Å²) >= 11 is 0. The number of anilines is 1. The first-order chi connectivity index (χ1) is 9.63. The van der Waals surface area contributed by atoms with E-state index in [4.69, 9.17) is 14.2 Å². The standard InChI is InChI=1S/C14H19NO5/c1-4-18-12-9-7-11(8-10-12)15(13(16)19-5-2)14(17)20-6-3/h7-10H,4-6H2,1-3H3. The molecule has 0 spiro atoms. The van der Waals surface area contributed by atoms with Gasteiger partial charge in [-0.2, -0.15) is 4.90 Å². The third-order valence-electron chi connectivity index (χ3n) is 2.31. The molecule has 0 heterocycles. The van der Waals surface area contributed by atoms with Crippen molar-refractivity contribution in [2.24, 2.45) is 0 Å². The summed E-state index contributed by atoms with van der Waals surface area (Å²) < 4.78 is 15.0. The van der Waals surface area contributed by atoms with Crippen LogP contribution in [0.3, 0.4) is 0 Å². The Labute approximate surface area is 118 Å². The second kappa shape index (κ2) is 8.04. The number of nitrogens with zero attached hydrogens (tertiary/aromatic N) is 1. The number of imide groups is 1. The largest absolute Gasteiger partial charge is 0.494 e. The molecule has 0 saturated heterocycles. The van der Waals surface area contributed by atoms with Crippen molar-refractivity contribution in [3.63, 3.8) is 0 Å². The van der Waals surface area contributed by atoms with Crippen LogP contribution in [0.1, 0.15) is 20.8 Å². The summed E-state index contributed by atoms with van der Waals surface area (Å²) in [5.41, 5.74) is 0.366. The highest BCUT2D eigenvalue weighted by atomic mass is 16.6. The topological polar surface area (TPSA) is 65.1 Å². The van der Waals surface area contributed by atoms with Crippen LogP contribution in [0.5, 0.6) is 5.75 Å². The predicted octanol–water partition coefficient (Wildman–Crippen LogP) is 3.20. The minimum atomic E-state index is -0.768. The first-order valence-electron chi connectivity index (χ1n) is 6.50. The zero-order valence-electron chi connectivity index (χ0n) is 11.9. The van der Waals surface area contributed by atoms with Gasteiger partial charge in [0.2, 0.25) is 0 Å². The smallest absolute Gasteiger partial charge is 0.423 e. The van der Waals surface area contributed by atoms with Gasteiger partial charge in [-0.1, -0.05) is 0 Å². The average Bonchev–Trinajstić information content (AvgIpc) is 2.42. The maximum absolute atomic E-state index is 11.8. The maximum Gasteiger partial charge on any atom is 0.423 e. The van der Waals surface area contributed by atoms with Crippen LogP contribution in [0.4, 0.5) is 15.3 Å². The van der Waals surface area contributed by atoms with Crippen LogP contribution in [0.2, 0.25) is 0 Å². The fourth-order valence-corrected chi connectivity index (χ4v) is 1.52. The molecule has 0 aliphatic carbocycles. The predicted molar refractivity (Wildman–Crippen MR) is 74.1 cm³/mol. The lowest BCUT2D eigenvalue weighted by molar-refractivity contribution is 0.140. The van der Waals surface area contributed by atoms with E-state index in [1.54, 1.807) is 38.1 Å². The number of carbonyl (C=O) groups excluding carboxylic acids is 2. The van der Waals surface area contributed by atoms with E-state index in [0.29, 0.717) is 18.0 Å². The van der Waals surface area contributed by atoms with Crippen molar-refractivity contribution in [1.29, 1.82) is 0 Å². The second-order valence-electron chi connectivity index (χ2n) is 3.66. The Bertz CT molecular complexity index is 425. The van der Waals surface area contributed by atoms with E-state index in [1.165, 1.54) is 0 Å². The van der Waals surface area contributed by atoms with E-state index in [2.05, 4.69) is 0 Å². The number of hydrogen-bond acceptors (Lipinski definition) is 5. The normalized spacial score (nSPS) is 9.75. The van der Waals surface area contributed by atoms with Crippen LogP contribution in [0.25, 0.3) is 0 Å². The third kappa shape index (κ3) is 4.15. The van der Waals surface area contributed by atoms with Crippen LogP contribution in [0.15, 0.2) is 24.3 Å². The van der Waals surface area contributed by atoms with Gasteiger partial charge in [-0.3, -0.25) is 0 Å². The molecule has 6 nitrogen and oxygen atoms in total. The van der Waals surface area contributed by atoms with Gasteiger partial charge in [0, 0.05) is 0 Å². The van der Waals surface area contributed by atoms with Crippen molar-refractivity contribution in [3.8, 4) is 5.75 Å². The van der Waals surface area contributed by atoms with Gasteiger partial charge >= 0.3 is 12.2 Å². The molecule has 1 aromatic rings. The summed E-state index contributed by atoms with van der Waals surface area (Å²) in [5.74, 6) is 0.656. The minimum Gasteiger partial charge on any atom is -0.494 e. The quantitative estimate of drug-likeness (QED) is 0.829. The molecule has 0 fully saturated rings. The molecule has 20 heavy (non-hydrogen) atoms. The van der Waals surface area contributed by atoms with E-state index in [0.717, 1.165) is 4.90 Å². The molecule has 0 N–H and O–H groups in total. The van der Waals surface area contributed by atoms with Gasteiger partial charge in [-0.15, -0.1) is 0 Å². The molecule has 6 heteroatoms. The second-order valence-corrected chi connectivity index (χ2v) is 3.66. The van der Waals surface area contributed by atoms with Crippen LogP contribution in [-0.4, -0.2) is 32.0 Å². The van der Waals surface area contributed by atoms with Gasteiger partial charge in [0.05, 0.1) is 25.5 Å². The number of rotatable bonds is 5. The molecule has 0 saturated carbocycles. The molecule has 2 amide bonds. The highest BCUT2D eigenvalue weighted by Gasteiger charge is 2.26. The van der Waals surface area contributed by atoms with E-state index < -0.39 is 12.2 Å². The molecule has 1 rings (SSSR count). The Morgan fingerprint density at radius 1 is 0.900 bits per heavy atom. The van der Waals surface area contributed by atoms with Crippen molar-refractivity contribution in [1.82, 2.24) is 0 Å². The summed E-state index contributed by atoms with van der Waals surface area (Å²) in [6.07, 6.45) is -1.54. The van der Waals surface area contributed by atoms with Crippen molar-refractivity contribution in [2.75, 3.05) is 24.7 Å². The Kier molecular flexibility index (Phi) is 6.36. The molecule has 110 valence electrons. The van der Waals surface area contributed by atoms with E-state index >= 15 is 0 Å². The molecule has 0 radical (unpaired) electrons. The van der Waals surface area contributed by atoms with Gasteiger partial charge < -0.3 is 14.2 Å². The Morgan fingerprint density at radius 3 is 1.80 bits per heavy atom. The lowest BCUT2D eigenvalue weighted by Crippen LogP contribution is -2.37. The SMILES string of the molecule is CCOC(=O)N(C(=O)OCC)c1ccc(OCC)cc1. The summed E-state index contributed by atoms with van der Waals surface area (Å²) in [7, 11) is 0. The van der Waals surface area contributed by atoms with Gasteiger partial charge in [0.25, 0.3) is 0 Å². The van der Waals surface area contributed by atoms with Gasteiger partial charge in [-0.25, -0.2) is 9.59 Å².